The Labute approximate surface area is 101 Å². The molecule has 0 aromatic rings. The third-order valence-corrected chi connectivity index (χ3v) is 3.16. The van der Waals surface area contributed by atoms with Crippen molar-refractivity contribution in [3.05, 3.63) is 0 Å². The van der Waals surface area contributed by atoms with Crippen LogP contribution >= 0.6 is 0 Å². The van der Waals surface area contributed by atoms with Gasteiger partial charge in [0.05, 0.1) is 0 Å². The van der Waals surface area contributed by atoms with E-state index >= 15 is 0 Å². The summed E-state index contributed by atoms with van der Waals surface area (Å²) in [5, 5.41) is 11.6. The van der Waals surface area contributed by atoms with Crippen molar-refractivity contribution in [3.63, 3.8) is 0 Å². The van der Waals surface area contributed by atoms with Crippen molar-refractivity contribution in [2.75, 3.05) is 19.6 Å². The molecule has 1 saturated heterocycles. The molecule has 3 nitrogen and oxygen atoms in total. The highest BCUT2D eigenvalue weighted by molar-refractivity contribution is 4.77. The second-order valence-corrected chi connectivity index (χ2v) is 5.26. The van der Waals surface area contributed by atoms with Crippen molar-refractivity contribution >= 4 is 0 Å². The molecule has 1 heterocycles. The molecule has 16 heavy (non-hydrogen) atoms. The van der Waals surface area contributed by atoms with Gasteiger partial charge in [0.15, 0.2) is 0 Å². The molecule has 0 saturated carbocycles. The largest absolute Gasteiger partial charge is 0.315 e. The van der Waals surface area contributed by atoms with Crippen LogP contribution in [0.3, 0.4) is 0 Å². The SMILES string of the molecule is CC(C)NCCCC(C)NC1CC[N]CC1. The van der Waals surface area contributed by atoms with E-state index in [0.717, 1.165) is 19.6 Å². The van der Waals surface area contributed by atoms with Gasteiger partial charge in [-0.05, 0) is 39.2 Å². The summed E-state index contributed by atoms with van der Waals surface area (Å²) in [7, 11) is 0. The Kier molecular flexibility index (Phi) is 7.01. The van der Waals surface area contributed by atoms with Crippen molar-refractivity contribution in [2.45, 2.75) is 64.6 Å². The first kappa shape index (κ1) is 13.9. The number of nitrogens with zero attached hydrogens (tertiary/aromatic N) is 1. The molecule has 1 aliphatic heterocycles. The van der Waals surface area contributed by atoms with Crippen molar-refractivity contribution < 1.29 is 0 Å². The number of piperidine rings is 1. The smallest absolute Gasteiger partial charge is 0.0148 e. The zero-order valence-corrected chi connectivity index (χ0v) is 11.1. The molecule has 0 aromatic carbocycles. The summed E-state index contributed by atoms with van der Waals surface area (Å²) >= 11 is 0. The van der Waals surface area contributed by atoms with Gasteiger partial charge in [0.2, 0.25) is 0 Å². The molecule has 1 radical (unpaired) electrons. The minimum absolute atomic E-state index is 0.614. The molecular formula is C13H28N3. The van der Waals surface area contributed by atoms with Gasteiger partial charge < -0.3 is 10.6 Å². The topological polar surface area (TPSA) is 38.2 Å². The fourth-order valence-electron chi connectivity index (χ4n) is 2.20. The van der Waals surface area contributed by atoms with E-state index in [2.05, 4.69) is 36.7 Å². The van der Waals surface area contributed by atoms with Gasteiger partial charge in [-0.3, -0.25) is 0 Å². The van der Waals surface area contributed by atoms with Gasteiger partial charge in [0.25, 0.3) is 0 Å². The quantitative estimate of drug-likeness (QED) is 0.646. The van der Waals surface area contributed by atoms with E-state index in [1.807, 2.05) is 0 Å². The summed E-state index contributed by atoms with van der Waals surface area (Å²) in [6.07, 6.45) is 5.00. The Bertz CT molecular complexity index is 165. The molecule has 0 bridgehead atoms. The maximum Gasteiger partial charge on any atom is 0.0148 e. The second-order valence-electron chi connectivity index (χ2n) is 5.26. The van der Waals surface area contributed by atoms with E-state index in [9.17, 15) is 0 Å². The Morgan fingerprint density at radius 2 is 1.88 bits per heavy atom. The number of nitrogens with one attached hydrogen (secondary N) is 2. The van der Waals surface area contributed by atoms with E-state index in [1.54, 1.807) is 0 Å². The van der Waals surface area contributed by atoms with Crippen LogP contribution in [0.2, 0.25) is 0 Å². The highest BCUT2D eigenvalue weighted by Crippen LogP contribution is 2.06. The molecule has 1 unspecified atom stereocenters. The lowest BCUT2D eigenvalue weighted by molar-refractivity contribution is 0.340. The molecule has 1 fully saturated rings. The minimum Gasteiger partial charge on any atom is -0.315 e. The van der Waals surface area contributed by atoms with Gasteiger partial charge >= 0.3 is 0 Å². The molecule has 0 spiro atoms. The van der Waals surface area contributed by atoms with Crippen LogP contribution in [0.5, 0.6) is 0 Å². The van der Waals surface area contributed by atoms with Gasteiger partial charge in [-0.2, -0.15) is 0 Å². The van der Waals surface area contributed by atoms with Crippen LogP contribution in [0, 0.1) is 0 Å². The Balaban J connectivity index is 1.99. The fourth-order valence-corrected chi connectivity index (χ4v) is 2.20. The van der Waals surface area contributed by atoms with E-state index in [1.165, 1.54) is 25.7 Å². The molecule has 95 valence electrons. The van der Waals surface area contributed by atoms with Crippen molar-refractivity contribution in [1.82, 2.24) is 16.0 Å². The first-order valence-electron chi connectivity index (χ1n) is 6.81. The average Bonchev–Trinajstić information content (AvgIpc) is 2.25. The lowest BCUT2D eigenvalue weighted by Crippen LogP contribution is -2.42. The maximum atomic E-state index is 4.38. The van der Waals surface area contributed by atoms with E-state index in [0.29, 0.717) is 18.1 Å². The highest BCUT2D eigenvalue weighted by Gasteiger charge is 2.15. The Morgan fingerprint density at radius 1 is 1.19 bits per heavy atom. The average molecular weight is 226 g/mol. The normalized spacial score (nSPS) is 20.2. The van der Waals surface area contributed by atoms with Gasteiger partial charge in [0, 0.05) is 31.2 Å². The zero-order valence-electron chi connectivity index (χ0n) is 11.1. The van der Waals surface area contributed by atoms with Crippen molar-refractivity contribution in [2.24, 2.45) is 0 Å². The monoisotopic (exact) mass is 226 g/mol. The molecule has 3 heteroatoms. The van der Waals surface area contributed by atoms with Crippen molar-refractivity contribution in [1.29, 1.82) is 0 Å². The summed E-state index contributed by atoms with van der Waals surface area (Å²) < 4.78 is 0. The molecule has 1 rings (SSSR count). The predicted octanol–water partition coefficient (Wildman–Crippen LogP) is 1.51. The minimum atomic E-state index is 0.614. The van der Waals surface area contributed by atoms with E-state index < -0.39 is 0 Å². The van der Waals surface area contributed by atoms with Crippen LogP contribution in [0.15, 0.2) is 0 Å². The summed E-state index contributed by atoms with van der Waals surface area (Å²) in [5.41, 5.74) is 0. The van der Waals surface area contributed by atoms with Crippen LogP contribution in [0.4, 0.5) is 0 Å². The lowest BCUT2D eigenvalue weighted by Gasteiger charge is -2.26. The van der Waals surface area contributed by atoms with Gasteiger partial charge in [-0.1, -0.05) is 13.8 Å². The van der Waals surface area contributed by atoms with Crippen molar-refractivity contribution in [3.8, 4) is 0 Å². The summed E-state index contributed by atoms with van der Waals surface area (Å²) in [6, 6.07) is 1.98. The molecule has 0 amide bonds. The third kappa shape index (κ3) is 6.46. The Morgan fingerprint density at radius 3 is 2.50 bits per heavy atom. The number of hydrogen-bond donors (Lipinski definition) is 2. The highest BCUT2D eigenvalue weighted by atomic mass is 15.0. The van der Waals surface area contributed by atoms with Crippen LogP contribution in [0.25, 0.3) is 0 Å². The standard InChI is InChI=1S/C13H28N3/c1-11(2)15-8-4-5-12(3)16-13-6-9-14-10-7-13/h11-13,15-16H,4-10H2,1-3H3. The maximum absolute atomic E-state index is 4.38. The third-order valence-electron chi connectivity index (χ3n) is 3.16. The van der Waals surface area contributed by atoms with Gasteiger partial charge in [0.1, 0.15) is 0 Å². The molecule has 2 N–H and O–H groups in total. The first-order chi connectivity index (χ1) is 7.68. The van der Waals surface area contributed by atoms with E-state index in [4.69, 9.17) is 0 Å². The summed E-state index contributed by atoms with van der Waals surface area (Å²) in [6.45, 7) is 9.96. The van der Waals surface area contributed by atoms with Crippen LogP contribution < -0.4 is 16.0 Å². The molecular weight excluding hydrogens is 198 g/mol. The second kappa shape index (κ2) is 8.04. The van der Waals surface area contributed by atoms with E-state index in [-0.39, 0.29) is 0 Å². The number of rotatable bonds is 7. The first-order valence-corrected chi connectivity index (χ1v) is 6.81. The molecule has 1 aliphatic rings. The Hall–Kier alpha value is -0.120. The fraction of sp³-hybridized carbons (Fsp3) is 1.00. The lowest BCUT2D eigenvalue weighted by atomic mass is 10.0. The zero-order chi connectivity index (χ0) is 11.8. The predicted molar refractivity (Wildman–Crippen MR) is 69.9 cm³/mol. The number of hydrogen-bond acceptors (Lipinski definition) is 2. The van der Waals surface area contributed by atoms with Crippen LogP contribution in [0.1, 0.15) is 46.5 Å². The molecule has 1 atom stereocenters. The molecule has 0 aliphatic carbocycles. The van der Waals surface area contributed by atoms with Gasteiger partial charge in [-0.15, -0.1) is 0 Å². The van der Waals surface area contributed by atoms with Crippen LogP contribution in [-0.2, 0) is 0 Å². The van der Waals surface area contributed by atoms with Crippen LogP contribution in [-0.4, -0.2) is 37.8 Å². The molecule has 0 aromatic heterocycles. The summed E-state index contributed by atoms with van der Waals surface area (Å²) in [4.78, 5) is 0. The summed E-state index contributed by atoms with van der Waals surface area (Å²) in [5.74, 6) is 0. The van der Waals surface area contributed by atoms with Gasteiger partial charge in [-0.25, -0.2) is 5.32 Å².